The van der Waals surface area contributed by atoms with Crippen LogP contribution in [0.3, 0.4) is 0 Å². The molecule has 1 aromatic heterocycles. The predicted molar refractivity (Wildman–Crippen MR) is 83.0 cm³/mol. The minimum absolute atomic E-state index is 0.0129. The molecule has 0 N–H and O–H groups in total. The van der Waals surface area contributed by atoms with Crippen molar-refractivity contribution in [2.24, 2.45) is 0 Å². The molecule has 2 fully saturated rings. The number of nitrogens with zero attached hydrogens (tertiary/aromatic N) is 4. The first kappa shape index (κ1) is 16.4. The molecule has 1 aromatic rings. The summed E-state index contributed by atoms with van der Waals surface area (Å²) in [5.74, 6) is -0.222. The maximum atomic E-state index is 12.3. The quantitative estimate of drug-likeness (QED) is 0.737. The lowest BCUT2D eigenvalue weighted by molar-refractivity contribution is -0.146. The number of hydrogen-bond acceptors (Lipinski definition) is 6. The minimum atomic E-state index is -0.260. The molecule has 3 amide bonds. The smallest absolute Gasteiger partial charge is 0.242 e. The molecule has 0 unspecified atom stereocenters. The average molecular weight is 332 g/mol. The van der Waals surface area contributed by atoms with Crippen molar-refractivity contribution in [2.75, 3.05) is 19.6 Å². The van der Waals surface area contributed by atoms with Crippen LogP contribution in [0.4, 0.5) is 0 Å². The summed E-state index contributed by atoms with van der Waals surface area (Å²) in [6, 6.07) is 3.62. The van der Waals surface area contributed by atoms with Crippen LogP contribution in [0.25, 0.3) is 0 Å². The van der Waals surface area contributed by atoms with E-state index in [1.807, 2.05) is 13.0 Å². The van der Waals surface area contributed by atoms with Crippen LogP contribution in [0.1, 0.15) is 31.4 Å². The average Bonchev–Trinajstić information content (AvgIpc) is 2.89. The van der Waals surface area contributed by atoms with Gasteiger partial charge in [0.25, 0.3) is 0 Å². The van der Waals surface area contributed by atoms with Gasteiger partial charge in [-0.3, -0.25) is 19.3 Å². The number of rotatable bonds is 4. The first-order valence-corrected chi connectivity index (χ1v) is 8.11. The molecular formula is C16H20N4O4. The second kappa shape index (κ2) is 6.94. The molecular weight excluding hydrogens is 312 g/mol. The molecule has 2 saturated heterocycles. The Morgan fingerprint density at radius 3 is 2.42 bits per heavy atom. The number of ether oxygens (including phenoxy) is 1. The van der Waals surface area contributed by atoms with Crippen molar-refractivity contribution in [1.82, 2.24) is 20.0 Å². The number of hydrogen-bond donors (Lipinski definition) is 0. The third-order valence-electron chi connectivity index (χ3n) is 4.30. The normalized spacial score (nSPS) is 19.0. The standard InChI is InChI=1S/C16H20N4O4/c1-11-2-3-13(18-17-11)24-12-6-8-19(9-7-12)16(23)10-20-14(21)4-5-15(20)22/h2-3,12H,4-10H2,1H3. The first-order chi connectivity index (χ1) is 11.5. The van der Waals surface area contributed by atoms with Crippen LogP contribution < -0.4 is 4.74 Å². The highest BCUT2D eigenvalue weighted by Gasteiger charge is 2.33. The predicted octanol–water partition coefficient (Wildman–Crippen LogP) is 0.304. The molecule has 2 aliphatic rings. The molecule has 0 aliphatic carbocycles. The second-order valence-corrected chi connectivity index (χ2v) is 6.08. The van der Waals surface area contributed by atoms with Crippen LogP contribution in [0.15, 0.2) is 12.1 Å². The van der Waals surface area contributed by atoms with Gasteiger partial charge in [0, 0.05) is 44.8 Å². The number of amides is 3. The number of piperidine rings is 1. The molecule has 8 heteroatoms. The van der Waals surface area contributed by atoms with Crippen molar-refractivity contribution in [3.8, 4) is 5.88 Å². The van der Waals surface area contributed by atoms with Crippen LogP contribution in [-0.4, -0.2) is 63.5 Å². The number of carbonyl (C=O) groups excluding carboxylic acids is 3. The molecule has 8 nitrogen and oxygen atoms in total. The summed E-state index contributed by atoms with van der Waals surface area (Å²) in [7, 11) is 0. The molecule has 0 bridgehead atoms. The summed E-state index contributed by atoms with van der Waals surface area (Å²) in [4.78, 5) is 38.2. The van der Waals surface area contributed by atoms with E-state index < -0.39 is 0 Å². The number of carbonyl (C=O) groups is 3. The number of aryl methyl sites for hydroxylation is 1. The van der Waals surface area contributed by atoms with Gasteiger partial charge in [0.2, 0.25) is 23.6 Å². The summed E-state index contributed by atoms with van der Waals surface area (Å²) in [5.41, 5.74) is 0.828. The highest BCUT2D eigenvalue weighted by Crippen LogP contribution is 2.18. The maximum Gasteiger partial charge on any atom is 0.242 e. The van der Waals surface area contributed by atoms with Gasteiger partial charge in [-0.15, -0.1) is 5.10 Å². The van der Waals surface area contributed by atoms with Crippen molar-refractivity contribution in [3.63, 3.8) is 0 Å². The van der Waals surface area contributed by atoms with Crippen LogP contribution in [-0.2, 0) is 14.4 Å². The van der Waals surface area contributed by atoms with Crippen molar-refractivity contribution in [2.45, 2.75) is 38.7 Å². The Morgan fingerprint density at radius 2 is 1.83 bits per heavy atom. The first-order valence-electron chi connectivity index (χ1n) is 8.11. The Balaban J connectivity index is 1.47. The fraction of sp³-hybridized carbons (Fsp3) is 0.562. The van der Waals surface area contributed by atoms with E-state index in [1.165, 1.54) is 0 Å². The van der Waals surface area contributed by atoms with E-state index in [0.717, 1.165) is 10.6 Å². The highest BCUT2D eigenvalue weighted by molar-refractivity contribution is 6.04. The Kier molecular flexibility index (Phi) is 4.73. The van der Waals surface area contributed by atoms with Crippen LogP contribution in [0, 0.1) is 6.92 Å². The van der Waals surface area contributed by atoms with E-state index in [-0.39, 0.29) is 43.2 Å². The molecule has 0 radical (unpaired) electrons. The van der Waals surface area contributed by atoms with E-state index in [0.29, 0.717) is 31.8 Å². The van der Waals surface area contributed by atoms with Gasteiger partial charge in [-0.25, -0.2) is 0 Å². The minimum Gasteiger partial charge on any atom is -0.473 e. The van der Waals surface area contributed by atoms with Crippen molar-refractivity contribution in [1.29, 1.82) is 0 Å². The van der Waals surface area contributed by atoms with E-state index in [2.05, 4.69) is 10.2 Å². The molecule has 3 rings (SSSR count). The van der Waals surface area contributed by atoms with Crippen molar-refractivity contribution in [3.05, 3.63) is 17.8 Å². The SMILES string of the molecule is Cc1ccc(OC2CCN(C(=O)CN3C(=O)CCC3=O)CC2)nn1. The summed E-state index contributed by atoms with van der Waals surface area (Å²) >= 11 is 0. The number of likely N-dealkylation sites (tertiary alicyclic amines) is 2. The lowest BCUT2D eigenvalue weighted by Gasteiger charge is -2.32. The van der Waals surface area contributed by atoms with Gasteiger partial charge >= 0.3 is 0 Å². The molecule has 0 spiro atoms. The van der Waals surface area contributed by atoms with Crippen LogP contribution in [0.5, 0.6) is 5.88 Å². The van der Waals surface area contributed by atoms with Gasteiger partial charge in [0.1, 0.15) is 12.6 Å². The Hall–Kier alpha value is -2.51. The highest BCUT2D eigenvalue weighted by atomic mass is 16.5. The molecule has 0 saturated carbocycles. The largest absolute Gasteiger partial charge is 0.473 e. The molecule has 128 valence electrons. The monoisotopic (exact) mass is 332 g/mol. The molecule has 2 aliphatic heterocycles. The van der Waals surface area contributed by atoms with Crippen molar-refractivity contribution < 1.29 is 19.1 Å². The van der Waals surface area contributed by atoms with E-state index in [4.69, 9.17) is 4.74 Å². The topological polar surface area (TPSA) is 92.7 Å². The summed E-state index contributed by atoms with van der Waals surface area (Å²) < 4.78 is 5.78. The zero-order valence-corrected chi connectivity index (χ0v) is 13.6. The third kappa shape index (κ3) is 3.69. The van der Waals surface area contributed by atoms with E-state index in [1.54, 1.807) is 11.0 Å². The van der Waals surface area contributed by atoms with E-state index in [9.17, 15) is 14.4 Å². The molecule has 24 heavy (non-hydrogen) atoms. The fourth-order valence-electron chi connectivity index (χ4n) is 2.88. The van der Waals surface area contributed by atoms with Crippen LogP contribution in [0.2, 0.25) is 0 Å². The molecule has 0 aromatic carbocycles. The van der Waals surface area contributed by atoms with E-state index >= 15 is 0 Å². The number of imide groups is 1. The zero-order valence-electron chi connectivity index (χ0n) is 13.6. The number of aromatic nitrogens is 2. The summed E-state index contributed by atoms with van der Waals surface area (Å²) in [6.45, 7) is 2.79. The third-order valence-corrected chi connectivity index (χ3v) is 4.30. The lowest BCUT2D eigenvalue weighted by atomic mass is 10.1. The zero-order chi connectivity index (χ0) is 17.1. The molecule has 3 heterocycles. The van der Waals surface area contributed by atoms with Gasteiger partial charge in [-0.05, 0) is 13.0 Å². The lowest BCUT2D eigenvalue weighted by Crippen LogP contribution is -2.47. The van der Waals surface area contributed by atoms with Gasteiger partial charge in [0.05, 0.1) is 5.69 Å². The fourth-order valence-corrected chi connectivity index (χ4v) is 2.88. The summed E-state index contributed by atoms with van der Waals surface area (Å²) in [5, 5.41) is 7.93. The van der Waals surface area contributed by atoms with Crippen LogP contribution >= 0.6 is 0 Å². The maximum absolute atomic E-state index is 12.3. The second-order valence-electron chi connectivity index (χ2n) is 6.08. The van der Waals surface area contributed by atoms with Gasteiger partial charge < -0.3 is 9.64 Å². The van der Waals surface area contributed by atoms with Crippen molar-refractivity contribution >= 4 is 17.7 Å². The Morgan fingerprint density at radius 1 is 1.17 bits per heavy atom. The Bertz CT molecular complexity index is 622. The summed E-state index contributed by atoms with van der Waals surface area (Å²) in [6.07, 6.45) is 1.77. The Labute approximate surface area is 139 Å². The van der Waals surface area contributed by atoms with Gasteiger partial charge in [0.15, 0.2) is 0 Å². The molecule has 0 atom stereocenters. The van der Waals surface area contributed by atoms with Gasteiger partial charge in [-0.2, -0.15) is 5.10 Å². The van der Waals surface area contributed by atoms with Gasteiger partial charge in [-0.1, -0.05) is 0 Å².